The molecule has 7 heteroatoms. The molecule has 1 aromatic carbocycles. The van der Waals surface area contributed by atoms with Crippen molar-refractivity contribution in [2.45, 2.75) is 26.3 Å². The molecule has 0 radical (unpaired) electrons. The summed E-state index contributed by atoms with van der Waals surface area (Å²) in [5.41, 5.74) is -0.00331. The molecular formula is C14H15F3N2OS. The molecule has 0 fully saturated rings. The SMILES string of the molecule is CCNCc1nc(COc2cccc(C(F)(F)F)c2)cs1. The van der Waals surface area contributed by atoms with Gasteiger partial charge in [0, 0.05) is 11.9 Å². The third-order valence-electron chi connectivity index (χ3n) is 2.67. The quantitative estimate of drug-likeness (QED) is 0.879. The van der Waals surface area contributed by atoms with Gasteiger partial charge in [-0.1, -0.05) is 13.0 Å². The van der Waals surface area contributed by atoms with Crippen molar-refractivity contribution >= 4 is 11.3 Å². The summed E-state index contributed by atoms with van der Waals surface area (Å²) in [6.45, 7) is 3.70. The van der Waals surface area contributed by atoms with Crippen molar-refractivity contribution in [1.82, 2.24) is 10.3 Å². The van der Waals surface area contributed by atoms with Crippen molar-refractivity contribution in [3.05, 3.63) is 45.9 Å². The molecule has 0 aliphatic rings. The van der Waals surface area contributed by atoms with E-state index in [1.807, 2.05) is 12.3 Å². The summed E-state index contributed by atoms with van der Waals surface area (Å²) in [4.78, 5) is 4.34. The molecule has 0 unspecified atom stereocenters. The smallest absolute Gasteiger partial charge is 0.416 e. The number of ether oxygens (including phenoxy) is 1. The molecule has 2 aromatic rings. The molecular weight excluding hydrogens is 301 g/mol. The average molecular weight is 316 g/mol. The van der Waals surface area contributed by atoms with Crippen LogP contribution in [0.3, 0.4) is 0 Å². The molecule has 2 rings (SSSR count). The number of rotatable bonds is 6. The molecule has 3 nitrogen and oxygen atoms in total. The highest BCUT2D eigenvalue weighted by Crippen LogP contribution is 2.31. The normalized spacial score (nSPS) is 11.6. The van der Waals surface area contributed by atoms with Gasteiger partial charge in [0.1, 0.15) is 17.4 Å². The van der Waals surface area contributed by atoms with Gasteiger partial charge in [-0.05, 0) is 24.7 Å². The van der Waals surface area contributed by atoms with Crippen LogP contribution >= 0.6 is 11.3 Å². The first kappa shape index (κ1) is 15.8. The Morgan fingerprint density at radius 2 is 2.14 bits per heavy atom. The number of halogens is 3. The maximum absolute atomic E-state index is 12.6. The summed E-state index contributed by atoms with van der Waals surface area (Å²) in [6, 6.07) is 4.84. The lowest BCUT2D eigenvalue weighted by Crippen LogP contribution is -2.11. The van der Waals surface area contributed by atoms with Crippen molar-refractivity contribution in [3.8, 4) is 5.75 Å². The highest BCUT2D eigenvalue weighted by atomic mass is 32.1. The zero-order valence-corrected chi connectivity index (χ0v) is 12.2. The number of alkyl halides is 3. The summed E-state index contributed by atoms with van der Waals surface area (Å²) >= 11 is 1.50. The minimum absolute atomic E-state index is 0.157. The second-order valence-corrected chi connectivity index (χ2v) is 5.27. The van der Waals surface area contributed by atoms with Crippen molar-refractivity contribution in [1.29, 1.82) is 0 Å². The van der Waals surface area contributed by atoms with E-state index in [0.717, 1.165) is 23.7 Å². The fraction of sp³-hybridized carbons (Fsp3) is 0.357. The molecule has 1 aromatic heterocycles. The van der Waals surface area contributed by atoms with E-state index >= 15 is 0 Å². The third kappa shape index (κ3) is 4.71. The molecule has 0 amide bonds. The Balaban J connectivity index is 1.95. The molecule has 0 spiro atoms. The van der Waals surface area contributed by atoms with Crippen molar-refractivity contribution in [3.63, 3.8) is 0 Å². The Labute approximate surface area is 124 Å². The molecule has 0 aliphatic heterocycles. The van der Waals surface area contributed by atoms with Gasteiger partial charge in [-0.25, -0.2) is 4.98 Å². The van der Waals surface area contributed by atoms with Crippen LogP contribution in [0.15, 0.2) is 29.6 Å². The fourth-order valence-electron chi connectivity index (χ4n) is 1.65. The molecule has 0 bridgehead atoms. The number of aromatic nitrogens is 1. The Kier molecular flexibility index (Phi) is 5.19. The standard InChI is InChI=1S/C14H15F3N2OS/c1-2-18-7-13-19-11(9-21-13)8-20-12-5-3-4-10(6-12)14(15,16)17/h3-6,9,18H,2,7-8H2,1H3. The summed E-state index contributed by atoms with van der Waals surface area (Å²) in [5.74, 6) is 0.186. The van der Waals surface area contributed by atoms with E-state index in [4.69, 9.17) is 4.74 Å². The van der Waals surface area contributed by atoms with E-state index in [-0.39, 0.29) is 12.4 Å². The van der Waals surface area contributed by atoms with Crippen LogP contribution < -0.4 is 10.1 Å². The first-order valence-electron chi connectivity index (χ1n) is 6.43. The topological polar surface area (TPSA) is 34.2 Å². The lowest BCUT2D eigenvalue weighted by atomic mass is 10.2. The van der Waals surface area contributed by atoms with E-state index in [2.05, 4.69) is 10.3 Å². The Hall–Kier alpha value is -1.60. The molecule has 0 saturated carbocycles. The predicted molar refractivity (Wildman–Crippen MR) is 75.3 cm³/mol. The van der Waals surface area contributed by atoms with Gasteiger partial charge < -0.3 is 10.1 Å². The number of benzene rings is 1. The highest BCUT2D eigenvalue weighted by molar-refractivity contribution is 7.09. The maximum Gasteiger partial charge on any atom is 0.416 e. The van der Waals surface area contributed by atoms with E-state index in [0.29, 0.717) is 12.2 Å². The lowest BCUT2D eigenvalue weighted by molar-refractivity contribution is -0.137. The van der Waals surface area contributed by atoms with Crippen LogP contribution in [0.25, 0.3) is 0 Å². The van der Waals surface area contributed by atoms with Crippen LogP contribution in [0.2, 0.25) is 0 Å². The number of nitrogens with one attached hydrogen (secondary N) is 1. The van der Waals surface area contributed by atoms with Crippen molar-refractivity contribution < 1.29 is 17.9 Å². The summed E-state index contributed by atoms with van der Waals surface area (Å²) in [5, 5.41) is 5.94. The maximum atomic E-state index is 12.6. The fourth-order valence-corrected chi connectivity index (χ4v) is 2.40. The molecule has 1 N–H and O–H groups in total. The van der Waals surface area contributed by atoms with Gasteiger partial charge in [-0.15, -0.1) is 11.3 Å². The molecule has 0 atom stereocenters. The van der Waals surface area contributed by atoms with E-state index in [9.17, 15) is 13.2 Å². The molecule has 114 valence electrons. The van der Waals surface area contributed by atoms with Crippen LogP contribution in [-0.4, -0.2) is 11.5 Å². The number of nitrogens with zero attached hydrogens (tertiary/aromatic N) is 1. The number of hydrogen-bond acceptors (Lipinski definition) is 4. The Bertz CT molecular complexity index is 584. The Morgan fingerprint density at radius 3 is 2.86 bits per heavy atom. The van der Waals surface area contributed by atoms with Crippen LogP contribution in [0.5, 0.6) is 5.75 Å². The molecule has 1 heterocycles. The van der Waals surface area contributed by atoms with Gasteiger partial charge in [0.25, 0.3) is 0 Å². The minimum atomic E-state index is -4.36. The molecule has 0 saturated heterocycles. The van der Waals surface area contributed by atoms with Crippen molar-refractivity contribution in [2.75, 3.05) is 6.54 Å². The van der Waals surface area contributed by atoms with Gasteiger partial charge in [0.15, 0.2) is 0 Å². The largest absolute Gasteiger partial charge is 0.487 e. The van der Waals surface area contributed by atoms with Gasteiger partial charge in [0.05, 0.1) is 11.3 Å². The first-order valence-corrected chi connectivity index (χ1v) is 7.31. The predicted octanol–water partition coefficient (Wildman–Crippen LogP) is 3.85. The van der Waals surface area contributed by atoms with Crippen LogP contribution in [0.4, 0.5) is 13.2 Å². The zero-order chi connectivity index (χ0) is 15.3. The van der Waals surface area contributed by atoms with Crippen LogP contribution in [0, 0.1) is 0 Å². The third-order valence-corrected chi connectivity index (χ3v) is 3.57. The van der Waals surface area contributed by atoms with Gasteiger partial charge in [0.2, 0.25) is 0 Å². The van der Waals surface area contributed by atoms with Crippen molar-refractivity contribution in [2.24, 2.45) is 0 Å². The van der Waals surface area contributed by atoms with Gasteiger partial charge in [-0.3, -0.25) is 0 Å². The van der Waals surface area contributed by atoms with Gasteiger partial charge in [-0.2, -0.15) is 13.2 Å². The summed E-state index contributed by atoms with van der Waals surface area (Å²) < 4.78 is 43.1. The van der Waals surface area contributed by atoms with E-state index in [1.165, 1.54) is 23.5 Å². The average Bonchev–Trinajstić information content (AvgIpc) is 2.90. The highest BCUT2D eigenvalue weighted by Gasteiger charge is 2.30. The zero-order valence-electron chi connectivity index (χ0n) is 11.4. The monoisotopic (exact) mass is 316 g/mol. The minimum Gasteiger partial charge on any atom is -0.487 e. The molecule has 21 heavy (non-hydrogen) atoms. The molecule has 0 aliphatic carbocycles. The van der Waals surface area contributed by atoms with Crippen LogP contribution in [-0.2, 0) is 19.3 Å². The number of thiazole rings is 1. The van der Waals surface area contributed by atoms with Crippen LogP contribution in [0.1, 0.15) is 23.2 Å². The van der Waals surface area contributed by atoms with E-state index < -0.39 is 11.7 Å². The Morgan fingerprint density at radius 1 is 1.33 bits per heavy atom. The summed E-state index contributed by atoms with van der Waals surface area (Å²) in [6.07, 6.45) is -4.36. The first-order chi connectivity index (χ1) is 9.99. The lowest BCUT2D eigenvalue weighted by Gasteiger charge is -2.09. The summed E-state index contributed by atoms with van der Waals surface area (Å²) in [7, 11) is 0. The second kappa shape index (κ2) is 6.91. The second-order valence-electron chi connectivity index (χ2n) is 4.33. The number of hydrogen-bond donors (Lipinski definition) is 1. The van der Waals surface area contributed by atoms with Gasteiger partial charge >= 0.3 is 6.18 Å². The van der Waals surface area contributed by atoms with E-state index in [1.54, 1.807) is 0 Å².